The lowest BCUT2D eigenvalue weighted by molar-refractivity contribution is -0.131. The first-order valence-corrected chi connectivity index (χ1v) is 10.4. The van der Waals surface area contributed by atoms with E-state index in [4.69, 9.17) is 4.74 Å². The van der Waals surface area contributed by atoms with Crippen LogP contribution in [-0.4, -0.2) is 76.5 Å². The Hall–Kier alpha value is -1.00. The first-order chi connectivity index (χ1) is 11.6. The van der Waals surface area contributed by atoms with Crippen LogP contribution in [-0.2, 0) is 19.6 Å². The molecular weight excluding hydrogens is 350 g/mol. The van der Waals surface area contributed by atoms with Crippen LogP contribution in [0.25, 0.3) is 0 Å². The molecule has 7 nitrogen and oxygen atoms in total. The maximum absolute atomic E-state index is 12.7. The lowest BCUT2D eigenvalue weighted by Gasteiger charge is -2.28. The van der Waals surface area contributed by atoms with Crippen LogP contribution in [0.15, 0.2) is 21.7 Å². The highest BCUT2D eigenvalue weighted by Gasteiger charge is 2.26. The number of thiophene rings is 1. The predicted molar refractivity (Wildman–Crippen MR) is 93.6 cm³/mol. The number of methoxy groups -OCH3 is 1. The van der Waals surface area contributed by atoms with Crippen LogP contribution in [0.5, 0.6) is 0 Å². The van der Waals surface area contributed by atoms with Crippen LogP contribution in [0.1, 0.15) is 12.8 Å². The molecule has 0 aromatic carbocycles. The second kappa shape index (κ2) is 9.47. The van der Waals surface area contributed by atoms with Gasteiger partial charge in [-0.15, -0.1) is 11.3 Å². The molecule has 1 fully saturated rings. The topological polar surface area (TPSA) is 79.0 Å². The summed E-state index contributed by atoms with van der Waals surface area (Å²) < 4.78 is 32.2. The Bertz CT molecular complexity index is 598. The van der Waals surface area contributed by atoms with Crippen LogP contribution in [0.4, 0.5) is 0 Å². The van der Waals surface area contributed by atoms with E-state index in [1.54, 1.807) is 29.5 Å². The van der Waals surface area contributed by atoms with Crippen molar-refractivity contribution in [2.75, 3.05) is 53.0 Å². The van der Waals surface area contributed by atoms with E-state index in [-0.39, 0.29) is 18.9 Å². The molecule has 24 heavy (non-hydrogen) atoms. The fourth-order valence-electron chi connectivity index (χ4n) is 2.57. The number of sulfonamides is 1. The van der Waals surface area contributed by atoms with Gasteiger partial charge in [-0.2, -0.15) is 4.31 Å². The fraction of sp³-hybridized carbons (Fsp3) is 0.667. The summed E-state index contributed by atoms with van der Waals surface area (Å²) >= 11 is 1.20. The lowest BCUT2D eigenvalue weighted by atomic mass is 10.3. The van der Waals surface area contributed by atoms with Gasteiger partial charge in [0.15, 0.2) is 0 Å². The number of rotatable bonds is 9. The summed E-state index contributed by atoms with van der Waals surface area (Å²) in [4.78, 5) is 14.1. The molecule has 1 aromatic rings. The second-order valence-corrected chi connectivity index (χ2v) is 8.68. The third-order valence-corrected chi connectivity index (χ3v) is 7.16. The number of piperazine rings is 1. The summed E-state index contributed by atoms with van der Waals surface area (Å²) in [6.07, 6.45) is 0.806. The average Bonchev–Trinajstić information content (AvgIpc) is 3.13. The van der Waals surface area contributed by atoms with Crippen molar-refractivity contribution in [2.45, 2.75) is 17.1 Å². The van der Waals surface area contributed by atoms with E-state index < -0.39 is 10.0 Å². The van der Waals surface area contributed by atoms with Crippen molar-refractivity contribution in [3.05, 3.63) is 17.5 Å². The molecule has 0 saturated carbocycles. The minimum Gasteiger partial charge on any atom is -0.385 e. The van der Waals surface area contributed by atoms with Crippen LogP contribution >= 0.6 is 11.3 Å². The molecule has 0 bridgehead atoms. The Morgan fingerprint density at radius 1 is 1.38 bits per heavy atom. The first kappa shape index (κ1) is 19.3. The van der Waals surface area contributed by atoms with Gasteiger partial charge in [-0.05, 0) is 17.9 Å². The van der Waals surface area contributed by atoms with Gasteiger partial charge < -0.3 is 15.0 Å². The number of amides is 1. The van der Waals surface area contributed by atoms with Gasteiger partial charge in [0.25, 0.3) is 10.0 Å². The molecule has 136 valence electrons. The Morgan fingerprint density at radius 3 is 2.75 bits per heavy atom. The van der Waals surface area contributed by atoms with Crippen LogP contribution in [0.3, 0.4) is 0 Å². The number of hydrogen-bond donors (Lipinski definition) is 1. The molecule has 1 N–H and O–H groups in total. The normalized spacial score (nSPS) is 15.8. The summed E-state index contributed by atoms with van der Waals surface area (Å²) in [7, 11) is -1.96. The number of carbonyl (C=O) groups excluding carboxylic acids is 1. The maximum Gasteiger partial charge on any atom is 0.252 e. The third kappa shape index (κ3) is 5.25. The summed E-state index contributed by atoms with van der Waals surface area (Å²) in [6.45, 7) is 3.98. The fourth-order valence-corrected chi connectivity index (χ4v) is 5.19. The van der Waals surface area contributed by atoms with Gasteiger partial charge >= 0.3 is 0 Å². The molecule has 0 aliphatic carbocycles. The first-order valence-electron chi connectivity index (χ1n) is 8.07. The molecule has 1 amide bonds. The zero-order valence-corrected chi connectivity index (χ0v) is 15.6. The highest BCUT2D eigenvalue weighted by Crippen LogP contribution is 2.21. The van der Waals surface area contributed by atoms with Gasteiger partial charge in [0.2, 0.25) is 5.91 Å². The largest absolute Gasteiger partial charge is 0.385 e. The van der Waals surface area contributed by atoms with Crippen molar-refractivity contribution >= 4 is 27.3 Å². The molecule has 2 rings (SSSR count). The molecule has 1 aromatic heterocycles. The summed E-state index contributed by atoms with van der Waals surface area (Å²) in [5.74, 6) is 0.00891. The van der Waals surface area contributed by atoms with Crippen molar-refractivity contribution < 1.29 is 17.9 Å². The molecule has 0 atom stereocenters. The van der Waals surface area contributed by atoms with Crippen molar-refractivity contribution in [3.63, 3.8) is 0 Å². The molecule has 9 heteroatoms. The average molecular weight is 376 g/mol. The summed E-state index contributed by atoms with van der Waals surface area (Å²) in [6, 6.07) is 3.32. The van der Waals surface area contributed by atoms with Gasteiger partial charge in [-0.1, -0.05) is 6.07 Å². The van der Waals surface area contributed by atoms with Gasteiger partial charge in [-0.25, -0.2) is 8.42 Å². The minimum atomic E-state index is -3.55. The molecule has 2 heterocycles. The van der Waals surface area contributed by atoms with Gasteiger partial charge in [-0.3, -0.25) is 4.79 Å². The standard InChI is InChI=1S/C15H25N3O4S2/c1-22-12-3-8-18(24(20,21)15-4-2-13-23-15)9-5-14(19)17-10-6-16-7-11-17/h2,4,13,16H,3,5-12H2,1H3. The summed E-state index contributed by atoms with van der Waals surface area (Å²) in [5.41, 5.74) is 0. The van der Waals surface area contributed by atoms with Gasteiger partial charge in [0.05, 0.1) is 0 Å². The van der Waals surface area contributed by atoms with E-state index in [1.807, 2.05) is 0 Å². The third-order valence-electron chi connectivity index (χ3n) is 3.89. The van der Waals surface area contributed by atoms with Crippen molar-refractivity contribution in [3.8, 4) is 0 Å². The van der Waals surface area contributed by atoms with E-state index in [2.05, 4.69) is 5.32 Å². The zero-order valence-electron chi connectivity index (χ0n) is 13.9. The molecule has 1 aliphatic rings. The lowest BCUT2D eigenvalue weighted by Crippen LogP contribution is -2.47. The van der Waals surface area contributed by atoms with Crippen LogP contribution in [0, 0.1) is 0 Å². The van der Waals surface area contributed by atoms with Gasteiger partial charge in [0, 0.05) is 59.4 Å². The quantitative estimate of drug-likeness (QED) is 0.640. The second-order valence-electron chi connectivity index (χ2n) is 5.56. The van der Waals surface area contributed by atoms with Crippen LogP contribution < -0.4 is 5.32 Å². The van der Waals surface area contributed by atoms with E-state index in [0.717, 1.165) is 13.1 Å². The molecule has 1 saturated heterocycles. The van der Waals surface area contributed by atoms with Crippen molar-refractivity contribution in [2.24, 2.45) is 0 Å². The van der Waals surface area contributed by atoms with E-state index in [9.17, 15) is 13.2 Å². The number of nitrogens with one attached hydrogen (secondary N) is 1. The van der Waals surface area contributed by atoms with E-state index in [0.29, 0.717) is 36.9 Å². The van der Waals surface area contributed by atoms with E-state index in [1.165, 1.54) is 15.6 Å². The van der Waals surface area contributed by atoms with Crippen molar-refractivity contribution in [1.82, 2.24) is 14.5 Å². The molecule has 0 radical (unpaired) electrons. The van der Waals surface area contributed by atoms with Gasteiger partial charge in [0.1, 0.15) is 4.21 Å². The van der Waals surface area contributed by atoms with Crippen molar-refractivity contribution in [1.29, 1.82) is 0 Å². The van der Waals surface area contributed by atoms with Crippen LogP contribution in [0.2, 0.25) is 0 Å². The Balaban J connectivity index is 1.99. The number of carbonyl (C=O) groups is 1. The Kier molecular flexibility index (Phi) is 7.63. The smallest absolute Gasteiger partial charge is 0.252 e. The predicted octanol–water partition coefficient (Wildman–Crippen LogP) is 0.597. The Morgan fingerprint density at radius 2 is 2.12 bits per heavy atom. The SMILES string of the molecule is COCCCN(CCC(=O)N1CCNCC1)S(=O)(=O)c1cccs1. The molecule has 1 aliphatic heterocycles. The maximum atomic E-state index is 12.7. The Labute approximate surface area is 147 Å². The molecule has 0 unspecified atom stereocenters. The highest BCUT2D eigenvalue weighted by molar-refractivity contribution is 7.91. The zero-order chi connectivity index (χ0) is 17.4. The molecular formula is C15H25N3O4S2. The number of hydrogen-bond acceptors (Lipinski definition) is 6. The molecule has 0 spiro atoms. The summed E-state index contributed by atoms with van der Waals surface area (Å²) in [5, 5.41) is 4.94. The number of nitrogens with zero attached hydrogens (tertiary/aromatic N) is 2. The highest BCUT2D eigenvalue weighted by atomic mass is 32.2. The number of ether oxygens (including phenoxy) is 1. The monoisotopic (exact) mass is 375 g/mol. The van der Waals surface area contributed by atoms with E-state index >= 15 is 0 Å². The minimum absolute atomic E-state index is 0.00891.